The molecular formula is C17H23ClN2O3. The number of fused-ring (bicyclic) bond motifs is 1. The standard InChI is InChI=1S/C17H22N2O3.ClH/c20-15(18-14-6-2-1-3-7-14)8-10-19-11-13-5-4-9-17(13,12-19)16(21)22;/h1-3,6-7,13H,4-5,8-12H2,(H,18,20)(H,21,22);1H/t13-,17+;/m0./s1. The van der Waals surface area contributed by atoms with E-state index in [0.29, 0.717) is 19.5 Å². The van der Waals surface area contributed by atoms with Crippen molar-refractivity contribution in [1.82, 2.24) is 4.90 Å². The van der Waals surface area contributed by atoms with Crippen molar-refractivity contribution in [2.75, 3.05) is 25.0 Å². The number of likely N-dealkylation sites (tertiary alicyclic amines) is 1. The summed E-state index contributed by atoms with van der Waals surface area (Å²) >= 11 is 0. The molecule has 0 aromatic heterocycles. The van der Waals surface area contributed by atoms with E-state index in [1.54, 1.807) is 0 Å². The molecule has 1 aromatic rings. The van der Waals surface area contributed by atoms with Gasteiger partial charge >= 0.3 is 5.97 Å². The van der Waals surface area contributed by atoms with Crippen molar-refractivity contribution in [2.24, 2.45) is 11.3 Å². The molecule has 2 aliphatic rings. The molecule has 2 N–H and O–H groups in total. The second kappa shape index (κ2) is 7.32. The fraction of sp³-hybridized carbons (Fsp3) is 0.529. The smallest absolute Gasteiger partial charge is 0.311 e. The first-order chi connectivity index (χ1) is 10.6. The van der Waals surface area contributed by atoms with Crippen LogP contribution in [0, 0.1) is 11.3 Å². The van der Waals surface area contributed by atoms with Gasteiger partial charge in [-0.2, -0.15) is 0 Å². The number of carbonyl (C=O) groups excluding carboxylic acids is 1. The largest absolute Gasteiger partial charge is 0.481 e. The number of carbonyl (C=O) groups is 2. The number of rotatable bonds is 5. The van der Waals surface area contributed by atoms with Crippen LogP contribution in [0.1, 0.15) is 25.7 Å². The van der Waals surface area contributed by atoms with E-state index in [1.807, 2.05) is 30.3 Å². The Balaban J connectivity index is 0.00000192. The summed E-state index contributed by atoms with van der Waals surface area (Å²) in [5.74, 6) is -0.430. The lowest BCUT2D eigenvalue weighted by Gasteiger charge is -2.23. The predicted molar refractivity (Wildman–Crippen MR) is 90.8 cm³/mol. The lowest BCUT2D eigenvalue weighted by atomic mass is 9.81. The van der Waals surface area contributed by atoms with Crippen LogP contribution in [0.3, 0.4) is 0 Å². The average Bonchev–Trinajstić information content (AvgIpc) is 3.04. The summed E-state index contributed by atoms with van der Waals surface area (Å²) in [5.41, 5.74) is 0.239. The molecule has 1 amide bonds. The SMILES string of the molecule is Cl.O=C(CCN1C[C@@H]2CCC[C@@]2(C(=O)O)C1)Nc1ccccc1. The second-order valence-electron chi connectivity index (χ2n) is 6.45. The number of carboxylic acids is 1. The number of nitrogens with zero attached hydrogens (tertiary/aromatic N) is 1. The fourth-order valence-corrected chi connectivity index (χ4v) is 3.92. The molecule has 0 bridgehead atoms. The zero-order chi connectivity index (χ0) is 15.6. The van der Waals surface area contributed by atoms with Crippen molar-refractivity contribution in [2.45, 2.75) is 25.7 Å². The molecule has 2 fully saturated rings. The first-order valence-corrected chi connectivity index (χ1v) is 7.91. The van der Waals surface area contributed by atoms with Gasteiger partial charge in [-0.3, -0.25) is 9.59 Å². The molecule has 1 aromatic carbocycles. The minimum atomic E-state index is -0.661. The summed E-state index contributed by atoms with van der Waals surface area (Å²) in [4.78, 5) is 25.7. The van der Waals surface area contributed by atoms with Gasteiger partial charge < -0.3 is 15.3 Å². The molecule has 6 heteroatoms. The van der Waals surface area contributed by atoms with Crippen LogP contribution in [0.25, 0.3) is 0 Å². The number of hydrogen-bond acceptors (Lipinski definition) is 3. The highest BCUT2D eigenvalue weighted by Gasteiger charge is 2.54. The minimum Gasteiger partial charge on any atom is -0.481 e. The maximum Gasteiger partial charge on any atom is 0.311 e. The third kappa shape index (κ3) is 3.67. The predicted octanol–water partition coefficient (Wildman–Crippen LogP) is 2.62. The summed E-state index contributed by atoms with van der Waals surface area (Å²) in [6, 6.07) is 9.39. The lowest BCUT2D eigenvalue weighted by Crippen LogP contribution is -2.36. The third-order valence-corrected chi connectivity index (χ3v) is 5.08. The molecule has 0 radical (unpaired) electrons. The molecule has 1 saturated heterocycles. The maximum absolute atomic E-state index is 12.0. The maximum atomic E-state index is 12.0. The number of benzene rings is 1. The lowest BCUT2D eigenvalue weighted by molar-refractivity contribution is -0.149. The van der Waals surface area contributed by atoms with Crippen LogP contribution >= 0.6 is 12.4 Å². The summed E-state index contributed by atoms with van der Waals surface area (Å²) in [6.45, 7) is 2.03. The number of para-hydroxylation sites is 1. The molecule has 23 heavy (non-hydrogen) atoms. The highest BCUT2D eigenvalue weighted by Crippen LogP contribution is 2.48. The Morgan fingerprint density at radius 2 is 2.04 bits per heavy atom. The van der Waals surface area contributed by atoms with Crippen molar-refractivity contribution >= 4 is 30.0 Å². The van der Waals surface area contributed by atoms with Gasteiger partial charge in [-0.05, 0) is 30.9 Å². The van der Waals surface area contributed by atoms with Gasteiger partial charge in [0.1, 0.15) is 0 Å². The van der Waals surface area contributed by atoms with Crippen molar-refractivity contribution in [1.29, 1.82) is 0 Å². The Bertz CT molecular complexity index is 566. The van der Waals surface area contributed by atoms with Gasteiger partial charge in [-0.15, -0.1) is 12.4 Å². The molecule has 1 aliphatic carbocycles. The summed E-state index contributed by atoms with van der Waals surface area (Å²) < 4.78 is 0. The van der Waals surface area contributed by atoms with Gasteiger partial charge in [0.2, 0.25) is 5.91 Å². The molecule has 3 rings (SSSR count). The van der Waals surface area contributed by atoms with Gasteiger partial charge in [0.05, 0.1) is 5.41 Å². The van der Waals surface area contributed by atoms with Crippen molar-refractivity contribution in [3.05, 3.63) is 30.3 Å². The first-order valence-electron chi connectivity index (χ1n) is 7.91. The second-order valence-corrected chi connectivity index (χ2v) is 6.45. The van der Waals surface area contributed by atoms with Crippen LogP contribution in [0.15, 0.2) is 30.3 Å². The van der Waals surface area contributed by atoms with E-state index in [-0.39, 0.29) is 24.2 Å². The average molecular weight is 339 g/mol. The Labute approximate surface area is 142 Å². The zero-order valence-corrected chi connectivity index (χ0v) is 13.8. The summed E-state index contributed by atoms with van der Waals surface area (Å²) in [6.07, 6.45) is 3.19. The van der Waals surface area contributed by atoms with E-state index in [4.69, 9.17) is 0 Å². The Morgan fingerprint density at radius 3 is 2.70 bits per heavy atom. The number of anilines is 1. The molecule has 5 nitrogen and oxygen atoms in total. The van der Waals surface area contributed by atoms with E-state index >= 15 is 0 Å². The van der Waals surface area contributed by atoms with E-state index in [1.165, 1.54) is 0 Å². The molecule has 2 atom stereocenters. The van der Waals surface area contributed by atoms with Gasteiger partial charge in [-0.25, -0.2) is 0 Å². The Hall–Kier alpha value is -1.59. The summed E-state index contributed by atoms with van der Waals surface area (Å²) in [7, 11) is 0. The van der Waals surface area contributed by atoms with Gasteiger partial charge in [0, 0.05) is 31.7 Å². The number of aliphatic carboxylic acids is 1. The van der Waals surface area contributed by atoms with Gasteiger partial charge in [0.25, 0.3) is 0 Å². The molecule has 1 aliphatic heterocycles. The minimum absolute atomic E-state index is 0. The van der Waals surface area contributed by atoms with E-state index in [0.717, 1.165) is 31.5 Å². The normalized spacial score (nSPS) is 26.3. The van der Waals surface area contributed by atoms with Crippen LogP contribution in [0.5, 0.6) is 0 Å². The van der Waals surface area contributed by atoms with Crippen molar-refractivity contribution in [3.63, 3.8) is 0 Å². The number of halogens is 1. The molecule has 1 heterocycles. The molecule has 0 spiro atoms. The van der Waals surface area contributed by atoms with Crippen LogP contribution in [-0.2, 0) is 9.59 Å². The Kier molecular flexibility index (Phi) is 5.65. The Morgan fingerprint density at radius 1 is 1.30 bits per heavy atom. The number of amides is 1. The van der Waals surface area contributed by atoms with E-state index < -0.39 is 11.4 Å². The fourth-order valence-electron chi connectivity index (χ4n) is 3.92. The zero-order valence-electron chi connectivity index (χ0n) is 13.0. The van der Waals surface area contributed by atoms with Crippen molar-refractivity contribution < 1.29 is 14.7 Å². The molecule has 126 valence electrons. The van der Waals surface area contributed by atoms with Crippen LogP contribution in [-0.4, -0.2) is 41.5 Å². The van der Waals surface area contributed by atoms with Gasteiger partial charge in [-0.1, -0.05) is 24.6 Å². The monoisotopic (exact) mass is 338 g/mol. The highest BCUT2D eigenvalue weighted by molar-refractivity contribution is 5.90. The van der Waals surface area contributed by atoms with Crippen molar-refractivity contribution in [3.8, 4) is 0 Å². The quantitative estimate of drug-likeness (QED) is 0.866. The van der Waals surface area contributed by atoms with Gasteiger partial charge in [0.15, 0.2) is 0 Å². The van der Waals surface area contributed by atoms with E-state index in [2.05, 4.69) is 10.2 Å². The number of hydrogen-bond donors (Lipinski definition) is 2. The number of carboxylic acid groups (broad SMARTS) is 1. The highest BCUT2D eigenvalue weighted by atomic mass is 35.5. The van der Waals surface area contributed by atoms with Crippen LogP contribution < -0.4 is 5.32 Å². The van der Waals surface area contributed by atoms with Crippen LogP contribution in [0.4, 0.5) is 5.69 Å². The van der Waals surface area contributed by atoms with Crippen LogP contribution in [0.2, 0.25) is 0 Å². The molecule has 0 unspecified atom stereocenters. The first kappa shape index (κ1) is 17.8. The number of nitrogens with one attached hydrogen (secondary N) is 1. The molecule has 1 saturated carbocycles. The third-order valence-electron chi connectivity index (χ3n) is 5.08. The summed E-state index contributed by atoms with van der Waals surface area (Å²) in [5, 5.41) is 12.4. The topological polar surface area (TPSA) is 69.6 Å². The van der Waals surface area contributed by atoms with E-state index in [9.17, 15) is 14.7 Å². The molecular weight excluding hydrogens is 316 g/mol.